The highest BCUT2D eigenvalue weighted by Gasteiger charge is 2.12. The largest absolute Gasteiger partial charge is 0.309 e. The molecule has 1 atom stereocenters. The van der Waals surface area contributed by atoms with E-state index in [0.717, 1.165) is 9.99 Å². The van der Waals surface area contributed by atoms with Gasteiger partial charge in [-0.2, -0.15) is 0 Å². The van der Waals surface area contributed by atoms with E-state index in [9.17, 15) is 4.39 Å². The Kier molecular flexibility index (Phi) is 6.00. The zero-order valence-corrected chi connectivity index (χ0v) is 12.3. The Morgan fingerprint density at radius 2 is 2.12 bits per heavy atom. The molecule has 0 saturated carbocycles. The first kappa shape index (κ1) is 14.2. The van der Waals surface area contributed by atoms with Crippen LogP contribution in [-0.2, 0) is 6.54 Å². The Hall–Kier alpha value is 0.130. The molecule has 0 amide bonds. The molecule has 1 aromatic rings. The molecule has 0 bridgehead atoms. The van der Waals surface area contributed by atoms with Crippen molar-refractivity contribution in [2.24, 2.45) is 5.92 Å². The summed E-state index contributed by atoms with van der Waals surface area (Å²) in [6.45, 7) is 4.95. The molecule has 0 radical (unpaired) electrons. The number of benzene rings is 1. The normalized spacial score (nSPS) is 13.1. The van der Waals surface area contributed by atoms with Gasteiger partial charge in [0.1, 0.15) is 5.82 Å². The molecule has 0 aliphatic carbocycles. The third-order valence-corrected chi connectivity index (χ3v) is 3.93. The van der Waals surface area contributed by atoms with Gasteiger partial charge < -0.3 is 5.32 Å². The number of rotatable bonds is 5. The lowest BCUT2D eigenvalue weighted by Crippen LogP contribution is -2.34. The van der Waals surface area contributed by atoms with Crippen molar-refractivity contribution in [3.05, 3.63) is 34.6 Å². The molecule has 0 aromatic heterocycles. The summed E-state index contributed by atoms with van der Waals surface area (Å²) in [5.74, 6) is 0.209. The number of hydrogen-bond acceptors (Lipinski definition) is 1. The lowest BCUT2D eigenvalue weighted by molar-refractivity contribution is 0.436. The van der Waals surface area contributed by atoms with Crippen molar-refractivity contribution in [3.8, 4) is 0 Å². The van der Waals surface area contributed by atoms with Crippen molar-refractivity contribution in [2.45, 2.75) is 26.4 Å². The zero-order valence-electron chi connectivity index (χ0n) is 9.43. The Balaban J connectivity index is 2.64. The van der Waals surface area contributed by atoms with Crippen molar-refractivity contribution < 1.29 is 4.39 Å². The smallest absolute Gasteiger partial charge is 0.142 e. The van der Waals surface area contributed by atoms with Crippen LogP contribution in [0.3, 0.4) is 0 Å². The van der Waals surface area contributed by atoms with Crippen LogP contribution >= 0.6 is 34.2 Å². The molecule has 0 fully saturated rings. The first-order valence-corrected chi connectivity index (χ1v) is 7.18. The standard InChI is InChI=1S/C12H16ClFIN/c1-8(2)11(6-15)16-7-9-4-3-5-10(14)12(9)13/h3-5,8,11,16H,6-7H2,1-2H3. The molecule has 1 N–H and O–H groups in total. The van der Waals surface area contributed by atoms with E-state index in [0.29, 0.717) is 18.5 Å². The van der Waals surface area contributed by atoms with E-state index in [1.807, 2.05) is 6.07 Å². The molecule has 4 heteroatoms. The summed E-state index contributed by atoms with van der Waals surface area (Å²) >= 11 is 8.24. The van der Waals surface area contributed by atoms with Gasteiger partial charge in [-0.25, -0.2) is 4.39 Å². The predicted molar refractivity (Wildman–Crippen MR) is 75.8 cm³/mol. The van der Waals surface area contributed by atoms with Crippen LogP contribution in [0.15, 0.2) is 18.2 Å². The van der Waals surface area contributed by atoms with E-state index in [4.69, 9.17) is 11.6 Å². The molecular formula is C12H16ClFIN. The Morgan fingerprint density at radius 1 is 1.44 bits per heavy atom. The number of nitrogens with one attached hydrogen (secondary N) is 1. The molecule has 16 heavy (non-hydrogen) atoms. The maximum Gasteiger partial charge on any atom is 0.142 e. The van der Waals surface area contributed by atoms with Crippen LogP contribution in [0.4, 0.5) is 4.39 Å². The second-order valence-corrected chi connectivity index (χ2v) is 5.36. The van der Waals surface area contributed by atoms with Gasteiger partial charge in [0, 0.05) is 17.0 Å². The molecule has 1 aromatic carbocycles. The number of hydrogen-bond donors (Lipinski definition) is 1. The molecular weight excluding hydrogens is 339 g/mol. The van der Waals surface area contributed by atoms with Gasteiger partial charge in [0.2, 0.25) is 0 Å². The van der Waals surface area contributed by atoms with Crippen LogP contribution in [0.5, 0.6) is 0 Å². The lowest BCUT2D eigenvalue weighted by Gasteiger charge is -2.20. The van der Waals surface area contributed by atoms with Crippen LogP contribution in [0.2, 0.25) is 5.02 Å². The van der Waals surface area contributed by atoms with Gasteiger partial charge in [0.25, 0.3) is 0 Å². The Labute approximate surface area is 115 Å². The fraction of sp³-hybridized carbons (Fsp3) is 0.500. The van der Waals surface area contributed by atoms with Gasteiger partial charge >= 0.3 is 0 Å². The Bertz CT molecular complexity index is 344. The van der Waals surface area contributed by atoms with Gasteiger partial charge in [-0.1, -0.05) is 60.2 Å². The highest BCUT2D eigenvalue weighted by Crippen LogP contribution is 2.19. The van der Waals surface area contributed by atoms with Crippen LogP contribution in [0, 0.1) is 11.7 Å². The SMILES string of the molecule is CC(C)C(CI)NCc1cccc(F)c1Cl. The fourth-order valence-electron chi connectivity index (χ4n) is 1.39. The van der Waals surface area contributed by atoms with Gasteiger partial charge in [0.15, 0.2) is 0 Å². The van der Waals surface area contributed by atoms with Gasteiger partial charge in [-0.15, -0.1) is 0 Å². The van der Waals surface area contributed by atoms with Crippen molar-refractivity contribution in [1.29, 1.82) is 0 Å². The third kappa shape index (κ3) is 3.86. The average Bonchev–Trinajstić information content (AvgIpc) is 2.24. The summed E-state index contributed by atoms with van der Waals surface area (Å²) < 4.78 is 14.2. The molecule has 1 rings (SSSR count). The topological polar surface area (TPSA) is 12.0 Å². The molecule has 0 aliphatic rings. The van der Waals surface area contributed by atoms with E-state index in [-0.39, 0.29) is 10.8 Å². The highest BCUT2D eigenvalue weighted by molar-refractivity contribution is 14.1. The maximum absolute atomic E-state index is 13.2. The minimum atomic E-state index is -0.350. The van der Waals surface area contributed by atoms with Crippen molar-refractivity contribution in [3.63, 3.8) is 0 Å². The van der Waals surface area contributed by atoms with E-state index in [2.05, 4.69) is 41.8 Å². The van der Waals surface area contributed by atoms with Gasteiger partial charge in [0.05, 0.1) is 5.02 Å². The second-order valence-electron chi connectivity index (χ2n) is 4.10. The second kappa shape index (κ2) is 6.77. The van der Waals surface area contributed by atoms with Crippen molar-refractivity contribution in [1.82, 2.24) is 5.32 Å². The first-order chi connectivity index (χ1) is 7.56. The fourth-order valence-corrected chi connectivity index (χ4v) is 2.92. The minimum absolute atomic E-state index is 0.228. The van der Waals surface area contributed by atoms with Crippen LogP contribution in [0.1, 0.15) is 19.4 Å². The minimum Gasteiger partial charge on any atom is -0.309 e. The zero-order chi connectivity index (χ0) is 12.1. The van der Waals surface area contributed by atoms with Crippen LogP contribution < -0.4 is 5.32 Å². The summed E-state index contributed by atoms with van der Waals surface area (Å²) in [4.78, 5) is 0. The first-order valence-electron chi connectivity index (χ1n) is 5.28. The number of halogens is 3. The molecule has 90 valence electrons. The van der Waals surface area contributed by atoms with Crippen LogP contribution in [0.25, 0.3) is 0 Å². The van der Waals surface area contributed by atoms with E-state index >= 15 is 0 Å². The summed E-state index contributed by atoms with van der Waals surface area (Å²) in [7, 11) is 0. The van der Waals surface area contributed by atoms with Crippen molar-refractivity contribution >= 4 is 34.2 Å². The van der Waals surface area contributed by atoms with Gasteiger partial charge in [-0.3, -0.25) is 0 Å². The lowest BCUT2D eigenvalue weighted by atomic mass is 10.1. The monoisotopic (exact) mass is 355 g/mol. The van der Waals surface area contributed by atoms with E-state index in [1.165, 1.54) is 6.07 Å². The summed E-state index contributed by atoms with van der Waals surface area (Å²) in [6, 6.07) is 5.35. The molecule has 0 spiro atoms. The molecule has 0 heterocycles. The van der Waals surface area contributed by atoms with E-state index < -0.39 is 0 Å². The van der Waals surface area contributed by atoms with Gasteiger partial charge in [-0.05, 0) is 17.5 Å². The Morgan fingerprint density at radius 3 is 2.69 bits per heavy atom. The third-order valence-electron chi connectivity index (χ3n) is 2.56. The molecule has 1 unspecified atom stereocenters. The maximum atomic E-state index is 13.2. The summed E-state index contributed by atoms with van der Waals surface area (Å²) in [6.07, 6.45) is 0. The predicted octanol–water partition coefficient (Wildman–Crippen LogP) is 4.03. The average molecular weight is 356 g/mol. The highest BCUT2D eigenvalue weighted by atomic mass is 127. The summed E-state index contributed by atoms with van der Waals surface area (Å²) in [5.41, 5.74) is 0.817. The molecule has 0 aliphatic heterocycles. The molecule has 1 nitrogen and oxygen atoms in total. The van der Waals surface area contributed by atoms with Crippen LogP contribution in [-0.4, -0.2) is 10.5 Å². The summed E-state index contributed by atoms with van der Waals surface area (Å²) in [5, 5.41) is 3.62. The van der Waals surface area contributed by atoms with Crippen molar-refractivity contribution in [2.75, 3.05) is 4.43 Å². The quantitative estimate of drug-likeness (QED) is 0.621. The molecule has 0 saturated heterocycles. The number of alkyl halides is 1. The van der Waals surface area contributed by atoms with E-state index in [1.54, 1.807) is 6.07 Å².